The summed E-state index contributed by atoms with van der Waals surface area (Å²) in [5, 5.41) is 3.58. The largest absolute Gasteiger partial charge is 0.356 e. The van der Waals surface area contributed by atoms with E-state index in [0.717, 1.165) is 49.0 Å². The van der Waals surface area contributed by atoms with Crippen molar-refractivity contribution in [2.24, 2.45) is 0 Å². The van der Waals surface area contributed by atoms with Crippen molar-refractivity contribution in [3.63, 3.8) is 0 Å². The number of ether oxygens (including phenoxy) is 2. The predicted molar refractivity (Wildman–Crippen MR) is 109 cm³/mol. The summed E-state index contributed by atoms with van der Waals surface area (Å²) in [6.07, 6.45) is 6.74. The maximum Gasteiger partial charge on any atom is 0.225 e. The molecule has 0 radical (unpaired) electrons. The summed E-state index contributed by atoms with van der Waals surface area (Å²) in [6, 6.07) is 13.0. The van der Waals surface area contributed by atoms with Gasteiger partial charge in [0.15, 0.2) is 5.79 Å². The van der Waals surface area contributed by atoms with Crippen molar-refractivity contribution in [1.29, 1.82) is 0 Å². The number of nitrogens with one attached hydrogen (secondary N) is 1. The van der Waals surface area contributed by atoms with Gasteiger partial charge < -0.3 is 19.7 Å². The highest BCUT2D eigenvalue weighted by Gasteiger charge is 2.40. The number of rotatable bonds is 4. The molecule has 3 heterocycles. The first-order chi connectivity index (χ1) is 13.8. The van der Waals surface area contributed by atoms with E-state index >= 15 is 0 Å². The molecule has 28 heavy (non-hydrogen) atoms. The fourth-order valence-corrected chi connectivity index (χ4v) is 4.53. The van der Waals surface area contributed by atoms with Crippen LogP contribution in [0.25, 0.3) is 11.3 Å². The number of hydrogen-bond acceptors (Lipinski definition) is 6. The lowest BCUT2D eigenvalue weighted by Gasteiger charge is -2.38. The maximum atomic E-state index is 5.88. The van der Waals surface area contributed by atoms with Crippen LogP contribution in [-0.2, 0) is 9.47 Å². The summed E-state index contributed by atoms with van der Waals surface area (Å²) < 4.78 is 11.8. The van der Waals surface area contributed by atoms with Gasteiger partial charge in [-0.2, -0.15) is 4.98 Å². The quantitative estimate of drug-likeness (QED) is 0.870. The average molecular weight is 380 g/mol. The molecule has 2 aliphatic heterocycles. The van der Waals surface area contributed by atoms with Gasteiger partial charge in [-0.05, 0) is 12.8 Å². The van der Waals surface area contributed by atoms with E-state index in [1.807, 2.05) is 6.07 Å². The first-order valence-corrected chi connectivity index (χ1v) is 10.5. The molecule has 3 aliphatic rings. The van der Waals surface area contributed by atoms with Crippen LogP contribution in [-0.4, -0.2) is 48.1 Å². The van der Waals surface area contributed by atoms with Gasteiger partial charge in [-0.15, -0.1) is 0 Å². The summed E-state index contributed by atoms with van der Waals surface area (Å²) in [5.41, 5.74) is 2.09. The Morgan fingerprint density at radius 1 is 0.964 bits per heavy atom. The second-order valence-electron chi connectivity index (χ2n) is 8.02. The number of aromatic nitrogens is 2. The standard InChI is InChI=1S/C22H28N4O2/c1-2-6-17(7-3-1)19-16-20(25-21(24-19)23-18-8-4-5-9-18)26-12-10-22(11-13-26)27-14-15-28-22/h1-3,6-7,16,18H,4-5,8-15H2,(H,23,24,25). The lowest BCUT2D eigenvalue weighted by atomic mass is 10.0. The second-order valence-corrected chi connectivity index (χ2v) is 8.02. The van der Waals surface area contributed by atoms with Crippen LogP contribution in [0.5, 0.6) is 0 Å². The Morgan fingerprint density at radius 2 is 1.68 bits per heavy atom. The lowest BCUT2D eigenvalue weighted by molar-refractivity contribution is -0.169. The van der Waals surface area contributed by atoms with Gasteiger partial charge in [0, 0.05) is 43.6 Å². The Balaban J connectivity index is 1.41. The van der Waals surface area contributed by atoms with Crippen LogP contribution < -0.4 is 10.2 Å². The van der Waals surface area contributed by atoms with Crippen molar-refractivity contribution < 1.29 is 9.47 Å². The van der Waals surface area contributed by atoms with E-state index in [9.17, 15) is 0 Å². The van der Waals surface area contributed by atoms with E-state index in [0.29, 0.717) is 19.3 Å². The Morgan fingerprint density at radius 3 is 2.39 bits per heavy atom. The van der Waals surface area contributed by atoms with E-state index in [-0.39, 0.29) is 5.79 Å². The lowest BCUT2D eigenvalue weighted by Crippen LogP contribution is -2.45. The second kappa shape index (κ2) is 7.68. The average Bonchev–Trinajstić information content (AvgIpc) is 3.42. The molecule has 2 saturated heterocycles. The predicted octanol–water partition coefficient (Wildman–Crippen LogP) is 3.84. The minimum atomic E-state index is -0.364. The molecule has 6 nitrogen and oxygen atoms in total. The van der Waals surface area contributed by atoms with Crippen LogP contribution >= 0.6 is 0 Å². The van der Waals surface area contributed by atoms with Gasteiger partial charge in [0.2, 0.25) is 5.95 Å². The summed E-state index contributed by atoms with van der Waals surface area (Å²) in [5.74, 6) is 1.37. The molecule has 1 spiro atoms. The Hall–Kier alpha value is -2.18. The van der Waals surface area contributed by atoms with Crippen molar-refractivity contribution in [2.75, 3.05) is 36.5 Å². The molecule has 1 N–H and O–H groups in total. The van der Waals surface area contributed by atoms with Crippen molar-refractivity contribution in [2.45, 2.75) is 50.4 Å². The van der Waals surface area contributed by atoms with Gasteiger partial charge in [-0.25, -0.2) is 4.98 Å². The van der Waals surface area contributed by atoms with E-state index < -0.39 is 0 Å². The van der Waals surface area contributed by atoms with E-state index in [1.165, 1.54) is 25.7 Å². The fraction of sp³-hybridized carbons (Fsp3) is 0.545. The van der Waals surface area contributed by atoms with Crippen molar-refractivity contribution >= 4 is 11.8 Å². The highest BCUT2D eigenvalue weighted by atomic mass is 16.7. The molecule has 148 valence electrons. The molecular weight excluding hydrogens is 352 g/mol. The molecule has 2 aromatic rings. The van der Waals surface area contributed by atoms with Crippen molar-refractivity contribution in [1.82, 2.24) is 9.97 Å². The van der Waals surface area contributed by atoms with E-state index in [1.54, 1.807) is 0 Å². The summed E-state index contributed by atoms with van der Waals surface area (Å²) in [6.45, 7) is 3.18. The van der Waals surface area contributed by atoms with Gasteiger partial charge in [-0.1, -0.05) is 43.2 Å². The number of nitrogens with zero attached hydrogens (tertiary/aromatic N) is 3. The van der Waals surface area contributed by atoms with Gasteiger partial charge in [0.1, 0.15) is 5.82 Å². The molecule has 1 aromatic heterocycles. The van der Waals surface area contributed by atoms with E-state index in [4.69, 9.17) is 19.4 Å². The molecule has 1 aromatic carbocycles. The topological polar surface area (TPSA) is 59.5 Å². The number of benzene rings is 1. The zero-order chi connectivity index (χ0) is 18.8. The minimum Gasteiger partial charge on any atom is -0.356 e. The van der Waals surface area contributed by atoms with Gasteiger partial charge >= 0.3 is 0 Å². The number of hydrogen-bond donors (Lipinski definition) is 1. The Kier molecular flexibility index (Phi) is 4.91. The van der Waals surface area contributed by atoms with Crippen LogP contribution in [0.15, 0.2) is 36.4 Å². The smallest absolute Gasteiger partial charge is 0.225 e. The summed E-state index contributed by atoms with van der Waals surface area (Å²) in [7, 11) is 0. The van der Waals surface area contributed by atoms with Crippen LogP contribution in [0.1, 0.15) is 38.5 Å². The molecule has 1 saturated carbocycles. The normalized spacial score (nSPS) is 22.1. The van der Waals surface area contributed by atoms with E-state index in [2.05, 4.69) is 40.5 Å². The SMILES string of the molecule is c1ccc(-c2cc(N3CCC4(CC3)OCCO4)nc(NC3CCCC3)n2)cc1. The molecule has 0 unspecified atom stereocenters. The monoisotopic (exact) mass is 380 g/mol. The Labute approximate surface area is 166 Å². The highest BCUT2D eigenvalue weighted by molar-refractivity contribution is 5.65. The highest BCUT2D eigenvalue weighted by Crippen LogP contribution is 2.34. The molecule has 1 aliphatic carbocycles. The van der Waals surface area contributed by atoms with Gasteiger partial charge in [0.25, 0.3) is 0 Å². The summed E-state index contributed by atoms with van der Waals surface area (Å²) >= 11 is 0. The fourth-order valence-electron chi connectivity index (χ4n) is 4.53. The van der Waals surface area contributed by atoms with Crippen LogP contribution in [0.3, 0.4) is 0 Å². The Bertz CT molecular complexity index is 791. The summed E-state index contributed by atoms with van der Waals surface area (Å²) in [4.78, 5) is 12.1. The number of piperidine rings is 1. The van der Waals surface area contributed by atoms with Crippen molar-refractivity contribution in [3.8, 4) is 11.3 Å². The van der Waals surface area contributed by atoms with Gasteiger partial charge in [0.05, 0.1) is 18.9 Å². The first-order valence-electron chi connectivity index (χ1n) is 10.5. The zero-order valence-corrected chi connectivity index (χ0v) is 16.3. The third-order valence-corrected chi connectivity index (χ3v) is 6.13. The molecule has 0 atom stereocenters. The van der Waals surface area contributed by atoms with Crippen LogP contribution in [0, 0.1) is 0 Å². The van der Waals surface area contributed by atoms with Gasteiger partial charge in [-0.3, -0.25) is 0 Å². The molecular formula is C22H28N4O2. The number of anilines is 2. The third-order valence-electron chi connectivity index (χ3n) is 6.13. The molecule has 6 heteroatoms. The minimum absolute atomic E-state index is 0.364. The molecule has 0 amide bonds. The molecule has 0 bridgehead atoms. The van der Waals surface area contributed by atoms with Crippen LogP contribution in [0.2, 0.25) is 0 Å². The van der Waals surface area contributed by atoms with Crippen molar-refractivity contribution in [3.05, 3.63) is 36.4 Å². The van der Waals surface area contributed by atoms with Crippen LogP contribution in [0.4, 0.5) is 11.8 Å². The third kappa shape index (κ3) is 3.71. The molecule has 5 rings (SSSR count). The maximum absolute atomic E-state index is 5.88. The zero-order valence-electron chi connectivity index (χ0n) is 16.3. The molecule has 3 fully saturated rings. The first kappa shape index (κ1) is 17.9.